The molecule has 0 aromatic heterocycles. The van der Waals surface area contributed by atoms with Gasteiger partial charge in [0.1, 0.15) is 0 Å². The van der Waals surface area contributed by atoms with Crippen LogP contribution < -0.4 is 11.1 Å². The number of hydrogen-bond donors (Lipinski definition) is 4. The number of carboxylic acid groups (broad SMARTS) is 2. The molecule has 1 heterocycles. The van der Waals surface area contributed by atoms with Gasteiger partial charge in [-0.1, -0.05) is 0 Å². The minimum atomic E-state index is -1.08. The van der Waals surface area contributed by atoms with Crippen molar-refractivity contribution in [2.45, 2.75) is 31.7 Å². The van der Waals surface area contributed by atoms with E-state index in [1.54, 1.807) is 0 Å². The van der Waals surface area contributed by atoms with Crippen LogP contribution in [0.2, 0.25) is 0 Å². The first kappa shape index (κ1) is 13.9. The Kier molecular flexibility index (Phi) is 7.57. The Bertz CT molecular complexity index is 188. The fourth-order valence-electron chi connectivity index (χ4n) is 1.09. The summed E-state index contributed by atoms with van der Waals surface area (Å²) in [5.74, 6) is -2.15. The van der Waals surface area contributed by atoms with E-state index >= 15 is 0 Å². The van der Waals surface area contributed by atoms with Crippen LogP contribution in [0.4, 0.5) is 0 Å². The molecule has 0 aliphatic carbocycles. The molecular formula is C9H18N2O4. The largest absolute Gasteiger partial charge is 0.481 e. The summed E-state index contributed by atoms with van der Waals surface area (Å²) in [5.41, 5.74) is 5.57. The Morgan fingerprint density at radius 2 is 1.80 bits per heavy atom. The maximum absolute atomic E-state index is 9.64. The Hall–Kier alpha value is -1.14. The number of piperidine rings is 1. The molecule has 5 N–H and O–H groups in total. The van der Waals surface area contributed by atoms with Crippen molar-refractivity contribution in [2.24, 2.45) is 5.73 Å². The third kappa shape index (κ3) is 10.8. The second-order valence-electron chi connectivity index (χ2n) is 3.39. The molecular weight excluding hydrogens is 200 g/mol. The summed E-state index contributed by atoms with van der Waals surface area (Å²) in [4.78, 5) is 19.3. The molecule has 0 bridgehead atoms. The first-order valence-corrected chi connectivity index (χ1v) is 4.92. The number of carbonyl (C=O) groups is 2. The average Bonchev–Trinajstić information content (AvgIpc) is 2.17. The molecule has 0 spiro atoms. The molecule has 0 unspecified atom stereocenters. The van der Waals surface area contributed by atoms with Crippen LogP contribution >= 0.6 is 0 Å². The summed E-state index contributed by atoms with van der Waals surface area (Å²) < 4.78 is 0. The quantitative estimate of drug-likeness (QED) is 0.514. The van der Waals surface area contributed by atoms with Gasteiger partial charge in [-0.05, 0) is 19.4 Å². The summed E-state index contributed by atoms with van der Waals surface area (Å²) in [6, 6.07) is 0.425. The van der Waals surface area contributed by atoms with Gasteiger partial charge in [-0.3, -0.25) is 9.59 Å². The van der Waals surface area contributed by atoms with E-state index in [1.165, 1.54) is 12.8 Å². The summed E-state index contributed by atoms with van der Waals surface area (Å²) in [5, 5.41) is 19.0. The Morgan fingerprint density at radius 3 is 2.00 bits per heavy atom. The molecule has 0 amide bonds. The lowest BCUT2D eigenvalue weighted by molar-refractivity contribution is -0.143. The van der Waals surface area contributed by atoms with Crippen molar-refractivity contribution in [1.29, 1.82) is 0 Å². The zero-order valence-electron chi connectivity index (χ0n) is 8.61. The lowest BCUT2D eigenvalue weighted by Crippen LogP contribution is -2.39. The molecule has 0 saturated carbocycles. The second kappa shape index (κ2) is 8.19. The molecule has 0 radical (unpaired) electrons. The van der Waals surface area contributed by atoms with Crippen molar-refractivity contribution in [3.05, 3.63) is 0 Å². The van der Waals surface area contributed by atoms with Crippen LogP contribution in [0.25, 0.3) is 0 Å². The predicted molar refractivity (Wildman–Crippen MR) is 54.6 cm³/mol. The molecule has 15 heavy (non-hydrogen) atoms. The van der Waals surface area contributed by atoms with Crippen molar-refractivity contribution in [2.75, 3.05) is 13.1 Å². The van der Waals surface area contributed by atoms with Crippen LogP contribution in [-0.4, -0.2) is 41.3 Å². The van der Waals surface area contributed by atoms with Gasteiger partial charge in [-0.2, -0.15) is 0 Å². The highest BCUT2D eigenvalue weighted by atomic mass is 16.4. The monoisotopic (exact) mass is 218 g/mol. The number of nitrogens with one attached hydrogen (secondary N) is 1. The van der Waals surface area contributed by atoms with Crippen LogP contribution in [0.5, 0.6) is 0 Å². The molecule has 1 atom stereocenters. The number of rotatable bonds is 3. The third-order valence-electron chi connectivity index (χ3n) is 1.89. The molecule has 0 aromatic carbocycles. The van der Waals surface area contributed by atoms with E-state index in [4.69, 9.17) is 15.9 Å². The molecule has 1 aliphatic heterocycles. The molecule has 1 rings (SSSR count). The first-order valence-electron chi connectivity index (χ1n) is 4.92. The fraction of sp³-hybridized carbons (Fsp3) is 0.778. The number of hydrogen-bond acceptors (Lipinski definition) is 4. The minimum Gasteiger partial charge on any atom is -0.481 e. The summed E-state index contributed by atoms with van der Waals surface area (Å²) in [7, 11) is 0. The van der Waals surface area contributed by atoms with E-state index in [1.807, 2.05) is 0 Å². The van der Waals surface area contributed by atoms with Gasteiger partial charge in [0.05, 0.1) is 12.8 Å². The van der Waals surface area contributed by atoms with Gasteiger partial charge < -0.3 is 21.3 Å². The number of carboxylic acids is 2. The van der Waals surface area contributed by atoms with E-state index in [0.717, 1.165) is 13.1 Å². The van der Waals surface area contributed by atoms with Crippen molar-refractivity contribution >= 4 is 11.9 Å². The van der Waals surface area contributed by atoms with Gasteiger partial charge in [-0.15, -0.1) is 0 Å². The zero-order chi connectivity index (χ0) is 11.7. The standard InChI is InChI=1S/C5H12N2.C4H6O4/c6-5-2-1-3-7-4-5;5-3(6)1-2-4(7)8/h5,7H,1-4,6H2;1-2H2,(H,5,6)(H,7,8)/t5-;/m0./s1. The van der Waals surface area contributed by atoms with Gasteiger partial charge in [0.15, 0.2) is 0 Å². The third-order valence-corrected chi connectivity index (χ3v) is 1.89. The molecule has 1 fully saturated rings. The fourth-order valence-corrected chi connectivity index (χ4v) is 1.09. The molecule has 6 heteroatoms. The van der Waals surface area contributed by atoms with E-state index in [0.29, 0.717) is 6.04 Å². The molecule has 88 valence electrons. The highest BCUT2D eigenvalue weighted by Crippen LogP contribution is 1.96. The van der Waals surface area contributed by atoms with Crippen molar-refractivity contribution in [3.63, 3.8) is 0 Å². The maximum Gasteiger partial charge on any atom is 0.303 e. The van der Waals surface area contributed by atoms with E-state index in [9.17, 15) is 9.59 Å². The predicted octanol–water partition coefficient (Wildman–Crippen LogP) is -0.367. The van der Waals surface area contributed by atoms with E-state index in [2.05, 4.69) is 5.32 Å². The number of aliphatic carboxylic acids is 2. The zero-order valence-corrected chi connectivity index (χ0v) is 8.61. The van der Waals surface area contributed by atoms with Crippen molar-refractivity contribution < 1.29 is 19.8 Å². The molecule has 1 aliphatic rings. The van der Waals surface area contributed by atoms with Gasteiger partial charge in [0.25, 0.3) is 0 Å². The SMILES string of the molecule is N[C@H]1CCCNC1.O=C(O)CCC(=O)O. The lowest BCUT2D eigenvalue weighted by atomic mass is 10.1. The first-order chi connectivity index (χ1) is 7.02. The Morgan fingerprint density at radius 1 is 1.27 bits per heavy atom. The van der Waals surface area contributed by atoms with Gasteiger partial charge in [0.2, 0.25) is 0 Å². The van der Waals surface area contributed by atoms with Crippen molar-refractivity contribution in [1.82, 2.24) is 5.32 Å². The highest BCUT2D eigenvalue weighted by molar-refractivity contribution is 5.75. The van der Waals surface area contributed by atoms with Gasteiger partial charge >= 0.3 is 11.9 Å². The number of nitrogens with two attached hydrogens (primary N) is 1. The second-order valence-corrected chi connectivity index (χ2v) is 3.39. The van der Waals surface area contributed by atoms with Crippen LogP contribution in [0.3, 0.4) is 0 Å². The van der Waals surface area contributed by atoms with Gasteiger partial charge in [-0.25, -0.2) is 0 Å². The van der Waals surface area contributed by atoms with E-state index in [-0.39, 0.29) is 12.8 Å². The normalized spacial score (nSPS) is 19.9. The smallest absolute Gasteiger partial charge is 0.303 e. The van der Waals surface area contributed by atoms with Crippen LogP contribution in [-0.2, 0) is 9.59 Å². The van der Waals surface area contributed by atoms with E-state index < -0.39 is 11.9 Å². The van der Waals surface area contributed by atoms with Crippen LogP contribution in [0.1, 0.15) is 25.7 Å². The maximum atomic E-state index is 9.64. The summed E-state index contributed by atoms with van der Waals surface area (Å²) >= 11 is 0. The Labute approximate surface area is 88.5 Å². The van der Waals surface area contributed by atoms with Crippen LogP contribution in [0.15, 0.2) is 0 Å². The Balaban J connectivity index is 0.000000262. The van der Waals surface area contributed by atoms with Crippen LogP contribution in [0, 0.1) is 0 Å². The highest BCUT2D eigenvalue weighted by Gasteiger charge is 2.05. The van der Waals surface area contributed by atoms with Gasteiger partial charge in [0, 0.05) is 12.6 Å². The minimum absolute atomic E-state index is 0.296. The molecule has 1 saturated heterocycles. The topological polar surface area (TPSA) is 113 Å². The van der Waals surface area contributed by atoms with Crippen molar-refractivity contribution in [3.8, 4) is 0 Å². The lowest BCUT2D eigenvalue weighted by Gasteiger charge is -2.17. The summed E-state index contributed by atoms with van der Waals surface area (Å²) in [6.07, 6.45) is 1.86. The summed E-state index contributed by atoms with van der Waals surface area (Å²) in [6.45, 7) is 2.17. The molecule has 0 aromatic rings. The molecule has 6 nitrogen and oxygen atoms in total. The average molecular weight is 218 g/mol.